The van der Waals surface area contributed by atoms with Crippen LogP contribution in [0, 0.1) is 0 Å². The minimum Gasteiger partial charge on any atom is -0.376 e. The Kier molecular flexibility index (Phi) is 3.16. The van der Waals surface area contributed by atoms with Gasteiger partial charge in [0.05, 0.1) is 12.2 Å². The number of hydrogen-bond acceptors (Lipinski definition) is 2. The molecule has 0 aromatic carbocycles. The van der Waals surface area contributed by atoms with Crippen molar-refractivity contribution in [1.29, 1.82) is 0 Å². The molecular weight excluding hydrogens is 128 g/mol. The number of ether oxygens (including phenoxy) is 2. The van der Waals surface area contributed by atoms with Crippen molar-refractivity contribution in [2.45, 2.75) is 38.9 Å². The van der Waals surface area contributed by atoms with Crippen molar-refractivity contribution in [2.75, 3.05) is 13.2 Å². The third kappa shape index (κ3) is 1.96. The van der Waals surface area contributed by atoms with Crippen molar-refractivity contribution in [3.63, 3.8) is 0 Å². The van der Waals surface area contributed by atoms with Gasteiger partial charge in [-0.15, -0.1) is 0 Å². The molecule has 0 spiro atoms. The molecule has 0 aliphatic carbocycles. The van der Waals surface area contributed by atoms with Gasteiger partial charge < -0.3 is 9.47 Å². The van der Waals surface area contributed by atoms with E-state index in [4.69, 9.17) is 9.47 Å². The quantitative estimate of drug-likeness (QED) is 0.586. The van der Waals surface area contributed by atoms with E-state index in [1.807, 2.05) is 6.92 Å². The van der Waals surface area contributed by atoms with Gasteiger partial charge in [-0.25, -0.2) is 0 Å². The molecule has 2 nitrogen and oxygen atoms in total. The average Bonchev–Trinajstić information content (AvgIpc) is 1.94. The maximum absolute atomic E-state index is 5.47. The van der Waals surface area contributed by atoms with Crippen molar-refractivity contribution < 1.29 is 9.47 Å². The second kappa shape index (κ2) is 3.94. The molecule has 0 N–H and O–H groups in total. The topological polar surface area (TPSA) is 18.5 Å². The van der Waals surface area contributed by atoms with E-state index in [-0.39, 0.29) is 0 Å². The minimum absolute atomic E-state index is 0.300. The Balaban J connectivity index is 2.25. The highest BCUT2D eigenvalue weighted by Gasteiger charge is 2.21. The second-order valence-electron chi connectivity index (χ2n) is 2.71. The smallest absolute Gasteiger partial charge is 0.0834 e. The highest BCUT2D eigenvalue weighted by atomic mass is 16.5. The summed E-state index contributed by atoms with van der Waals surface area (Å²) in [6.07, 6.45) is 2.96. The van der Waals surface area contributed by atoms with Gasteiger partial charge in [0, 0.05) is 13.2 Å². The molecule has 2 unspecified atom stereocenters. The summed E-state index contributed by atoms with van der Waals surface area (Å²) in [4.78, 5) is 0. The Morgan fingerprint density at radius 2 is 2.40 bits per heavy atom. The molecule has 0 amide bonds. The van der Waals surface area contributed by atoms with Crippen molar-refractivity contribution in [1.82, 2.24) is 0 Å². The molecule has 0 bridgehead atoms. The fourth-order valence-electron chi connectivity index (χ4n) is 1.33. The van der Waals surface area contributed by atoms with Crippen LogP contribution in [0.15, 0.2) is 0 Å². The van der Waals surface area contributed by atoms with Crippen LogP contribution in [0.25, 0.3) is 0 Å². The maximum Gasteiger partial charge on any atom is 0.0834 e. The summed E-state index contributed by atoms with van der Waals surface area (Å²) in [6, 6.07) is 0. The monoisotopic (exact) mass is 144 g/mol. The van der Waals surface area contributed by atoms with Crippen LogP contribution in [-0.2, 0) is 9.47 Å². The predicted molar refractivity (Wildman–Crippen MR) is 40.1 cm³/mol. The molecule has 0 aromatic rings. The van der Waals surface area contributed by atoms with Gasteiger partial charge in [-0.3, -0.25) is 0 Å². The summed E-state index contributed by atoms with van der Waals surface area (Å²) in [5.74, 6) is 0. The first-order valence-electron chi connectivity index (χ1n) is 4.07. The molecule has 1 rings (SSSR count). The summed E-state index contributed by atoms with van der Waals surface area (Å²) < 4.78 is 10.9. The zero-order chi connectivity index (χ0) is 7.40. The van der Waals surface area contributed by atoms with Crippen LogP contribution in [0.5, 0.6) is 0 Å². The van der Waals surface area contributed by atoms with Crippen molar-refractivity contribution >= 4 is 0 Å². The van der Waals surface area contributed by atoms with Gasteiger partial charge in [-0.05, 0) is 26.7 Å². The van der Waals surface area contributed by atoms with E-state index in [9.17, 15) is 0 Å². The van der Waals surface area contributed by atoms with E-state index in [1.165, 1.54) is 0 Å². The lowest BCUT2D eigenvalue weighted by Crippen LogP contribution is -2.33. The van der Waals surface area contributed by atoms with Crippen LogP contribution in [0.1, 0.15) is 26.7 Å². The first-order chi connectivity index (χ1) is 4.84. The van der Waals surface area contributed by atoms with Gasteiger partial charge in [0.2, 0.25) is 0 Å². The molecule has 2 heteroatoms. The Morgan fingerprint density at radius 3 is 3.00 bits per heavy atom. The first kappa shape index (κ1) is 8.02. The summed E-state index contributed by atoms with van der Waals surface area (Å²) in [7, 11) is 0. The van der Waals surface area contributed by atoms with Crippen molar-refractivity contribution in [3.8, 4) is 0 Å². The molecule has 60 valence electrons. The van der Waals surface area contributed by atoms with E-state index in [0.29, 0.717) is 12.2 Å². The number of hydrogen-bond donors (Lipinski definition) is 0. The van der Waals surface area contributed by atoms with Crippen LogP contribution in [0.2, 0.25) is 0 Å². The molecule has 0 saturated carbocycles. The zero-order valence-corrected chi connectivity index (χ0v) is 6.80. The molecule has 1 aliphatic heterocycles. The Morgan fingerprint density at radius 1 is 1.60 bits per heavy atom. The maximum atomic E-state index is 5.47. The molecule has 1 fully saturated rings. The van der Waals surface area contributed by atoms with Gasteiger partial charge in [-0.2, -0.15) is 0 Å². The van der Waals surface area contributed by atoms with Gasteiger partial charge in [0.15, 0.2) is 0 Å². The first-order valence-corrected chi connectivity index (χ1v) is 4.07. The number of rotatable bonds is 2. The molecule has 1 aliphatic rings. The SMILES string of the molecule is CCOC1CCCOC1C. The van der Waals surface area contributed by atoms with Crippen LogP contribution in [-0.4, -0.2) is 25.4 Å². The fourth-order valence-corrected chi connectivity index (χ4v) is 1.33. The fraction of sp³-hybridized carbons (Fsp3) is 1.00. The molecule has 2 atom stereocenters. The van der Waals surface area contributed by atoms with Crippen LogP contribution >= 0.6 is 0 Å². The lowest BCUT2D eigenvalue weighted by Gasteiger charge is -2.28. The molecule has 0 radical (unpaired) electrons. The highest BCUT2D eigenvalue weighted by molar-refractivity contribution is 4.70. The Hall–Kier alpha value is -0.0800. The summed E-state index contributed by atoms with van der Waals surface area (Å²) >= 11 is 0. The average molecular weight is 144 g/mol. The van der Waals surface area contributed by atoms with E-state index in [2.05, 4.69) is 6.92 Å². The van der Waals surface area contributed by atoms with Crippen LogP contribution in [0.4, 0.5) is 0 Å². The molecule has 0 aromatic heterocycles. The molecule has 10 heavy (non-hydrogen) atoms. The normalized spacial score (nSPS) is 34.2. The zero-order valence-electron chi connectivity index (χ0n) is 6.80. The standard InChI is InChI=1S/C8H16O2/c1-3-9-8-5-4-6-10-7(8)2/h7-8H,3-6H2,1-2H3. The van der Waals surface area contributed by atoms with Gasteiger partial charge in [-0.1, -0.05) is 0 Å². The van der Waals surface area contributed by atoms with E-state index >= 15 is 0 Å². The minimum atomic E-state index is 0.300. The summed E-state index contributed by atoms with van der Waals surface area (Å²) in [5, 5.41) is 0. The third-order valence-corrected chi connectivity index (χ3v) is 1.92. The summed E-state index contributed by atoms with van der Waals surface area (Å²) in [6.45, 7) is 5.82. The van der Waals surface area contributed by atoms with Crippen molar-refractivity contribution in [3.05, 3.63) is 0 Å². The third-order valence-electron chi connectivity index (χ3n) is 1.92. The van der Waals surface area contributed by atoms with E-state index in [0.717, 1.165) is 26.1 Å². The van der Waals surface area contributed by atoms with Crippen molar-refractivity contribution in [2.24, 2.45) is 0 Å². The largest absolute Gasteiger partial charge is 0.376 e. The van der Waals surface area contributed by atoms with E-state index < -0.39 is 0 Å². The molecule has 1 saturated heterocycles. The molecule has 1 heterocycles. The Labute approximate surface area is 62.5 Å². The lowest BCUT2D eigenvalue weighted by molar-refractivity contribution is -0.0939. The highest BCUT2D eigenvalue weighted by Crippen LogP contribution is 2.16. The Bertz CT molecular complexity index is 91.3. The van der Waals surface area contributed by atoms with Crippen LogP contribution < -0.4 is 0 Å². The van der Waals surface area contributed by atoms with E-state index in [1.54, 1.807) is 0 Å². The summed E-state index contributed by atoms with van der Waals surface area (Å²) in [5.41, 5.74) is 0. The molecular formula is C8H16O2. The van der Waals surface area contributed by atoms with Gasteiger partial charge >= 0.3 is 0 Å². The van der Waals surface area contributed by atoms with Gasteiger partial charge in [0.1, 0.15) is 0 Å². The second-order valence-corrected chi connectivity index (χ2v) is 2.71. The lowest BCUT2D eigenvalue weighted by atomic mass is 10.1. The van der Waals surface area contributed by atoms with Crippen LogP contribution in [0.3, 0.4) is 0 Å². The van der Waals surface area contributed by atoms with Gasteiger partial charge in [0.25, 0.3) is 0 Å². The predicted octanol–water partition coefficient (Wildman–Crippen LogP) is 1.59.